The number of amidine groups is 1. The first kappa shape index (κ1) is 22.5. The van der Waals surface area contributed by atoms with Crippen LogP contribution in [0.4, 0.5) is 0 Å². The molecule has 1 saturated heterocycles. The van der Waals surface area contributed by atoms with Gasteiger partial charge in [-0.25, -0.2) is 4.98 Å². The van der Waals surface area contributed by atoms with Crippen molar-refractivity contribution in [2.75, 3.05) is 13.1 Å². The lowest BCUT2D eigenvalue weighted by atomic mass is 10.1. The molecule has 164 valence electrons. The first-order valence-electron chi connectivity index (χ1n) is 10.0. The molecule has 2 unspecified atom stereocenters. The molecule has 31 heavy (non-hydrogen) atoms. The quantitative estimate of drug-likeness (QED) is 0.273. The van der Waals surface area contributed by atoms with E-state index in [4.69, 9.17) is 5.73 Å². The van der Waals surface area contributed by atoms with Crippen molar-refractivity contribution in [1.29, 1.82) is 0 Å². The molecule has 10 heteroatoms. The number of carbonyl (C=O) groups excluding carboxylic acids is 4. The Kier molecular flexibility index (Phi) is 7.11. The summed E-state index contributed by atoms with van der Waals surface area (Å²) in [5.41, 5.74) is 6.28. The minimum absolute atomic E-state index is 0.0515. The van der Waals surface area contributed by atoms with Crippen LogP contribution >= 0.6 is 11.3 Å². The normalized spacial score (nSPS) is 17.7. The number of Topliss-reactive ketones (excluding diaryl/α,β-unsaturated/α-hetero) is 2. The van der Waals surface area contributed by atoms with E-state index in [0.717, 1.165) is 4.70 Å². The van der Waals surface area contributed by atoms with Gasteiger partial charge in [-0.2, -0.15) is 0 Å². The Morgan fingerprint density at radius 1 is 1.32 bits per heavy atom. The van der Waals surface area contributed by atoms with Crippen LogP contribution in [0.3, 0.4) is 0 Å². The molecule has 1 aliphatic heterocycles. The Morgan fingerprint density at radius 3 is 2.74 bits per heavy atom. The van der Waals surface area contributed by atoms with Crippen LogP contribution in [-0.4, -0.2) is 64.3 Å². The molecule has 1 aromatic heterocycles. The lowest BCUT2D eigenvalue weighted by Gasteiger charge is -2.24. The summed E-state index contributed by atoms with van der Waals surface area (Å²) in [7, 11) is 0. The number of hydrogen-bond donors (Lipinski definition) is 2. The molecule has 0 radical (unpaired) electrons. The molecule has 2 aromatic rings. The number of nitrogens with one attached hydrogen (secondary N) is 1. The van der Waals surface area contributed by atoms with E-state index >= 15 is 0 Å². The second kappa shape index (κ2) is 9.78. The van der Waals surface area contributed by atoms with Gasteiger partial charge in [-0.15, -0.1) is 11.3 Å². The van der Waals surface area contributed by atoms with Crippen molar-refractivity contribution in [3.63, 3.8) is 0 Å². The number of likely N-dealkylation sites (tertiary alicyclic amines) is 1. The fourth-order valence-corrected chi connectivity index (χ4v) is 4.43. The maximum atomic E-state index is 13.2. The monoisotopic (exact) mass is 443 g/mol. The number of benzene rings is 1. The molecule has 3 N–H and O–H groups in total. The zero-order valence-corrected chi connectivity index (χ0v) is 18.3. The summed E-state index contributed by atoms with van der Waals surface area (Å²) in [4.78, 5) is 59.5. The summed E-state index contributed by atoms with van der Waals surface area (Å²) in [6, 6.07) is 5.67. The molecule has 2 heterocycles. The number of rotatable bonds is 8. The van der Waals surface area contributed by atoms with Gasteiger partial charge in [-0.1, -0.05) is 12.1 Å². The first-order chi connectivity index (χ1) is 14.8. The lowest BCUT2D eigenvalue weighted by molar-refractivity contribution is -0.137. The van der Waals surface area contributed by atoms with Gasteiger partial charge in [-0.05, 0) is 31.9 Å². The largest absolute Gasteiger partial charge is 0.388 e. The fraction of sp³-hybridized carbons (Fsp3) is 0.429. The SMILES string of the molecule is CC(=O)N1CC(=O)CC1C(=O)NC(CCCN=C(C)N)C(=O)c1nc2ccccc2s1. The molecule has 0 spiro atoms. The van der Waals surface area contributed by atoms with Crippen LogP contribution in [0, 0.1) is 0 Å². The number of para-hydroxylation sites is 1. The van der Waals surface area contributed by atoms with Gasteiger partial charge in [0, 0.05) is 19.9 Å². The average molecular weight is 444 g/mol. The van der Waals surface area contributed by atoms with Crippen molar-refractivity contribution >= 4 is 50.8 Å². The molecular weight excluding hydrogens is 418 g/mol. The van der Waals surface area contributed by atoms with Crippen molar-refractivity contribution in [2.45, 2.75) is 45.2 Å². The van der Waals surface area contributed by atoms with Crippen LogP contribution < -0.4 is 11.1 Å². The summed E-state index contributed by atoms with van der Waals surface area (Å²) in [6.07, 6.45) is 0.804. The highest BCUT2D eigenvalue weighted by molar-refractivity contribution is 7.20. The topological polar surface area (TPSA) is 135 Å². The third-order valence-corrected chi connectivity index (χ3v) is 6.05. The van der Waals surface area contributed by atoms with Crippen molar-refractivity contribution in [3.8, 4) is 0 Å². The molecule has 2 amide bonds. The smallest absolute Gasteiger partial charge is 0.243 e. The zero-order valence-electron chi connectivity index (χ0n) is 17.5. The number of hydrogen-bond acceptors (Lipinski definition) is 7. The average Bonchev–Trinajstić information content (AvgIpc) is 3.33. The van der Waals surface area contributed by atoms with Gasteiger partial charge in [0.1, 0.15) is 6.04 Å². The van der Waals surface area contributed by atoms with Gasteiger partial charge >= 0.3 is 0 Å². The van der Waals surface area contributed by atoms with Crippen molar-refractivity contribution in [3.05, 3.63) is 29.3 Å². The number of thiazole rings is 1. The number of aromatic nitrogens is 1. The molecule has 0 saturated carbocycles. The second-order valence-corrected chi connectivity index (χ2v) is 8.51. The highest BCUT2D eigenvalue weighted by Crippen LogP contribution is 2.24. The molecule has 1 aromatic carbocycles. The molecule has 3 rings (SSSR count). The molecular formula is C21H25N5O4S. The van der Waals surface area contributed by atoms with E-state index in [1.807, 2.05) is 24.3 Å². The van der Waals surface area contributed by atoms with Gasteiger partial charge in [0.2, 0.25) is 17.6 Å². The Labute approximate surface area is 183 Å². The number of fused-ring (bicyclic) bond motifs is 1. The van der Waals surface area contributed by atoms with Gasteiger partial charge in [0.15, 0.2) is 10.8 Å². The predicted octanol–water partition coefficient (Wildman–Crippen LogP) is 1.31. The van der Waals surface area contributed by atoms with Gasteiger partial charge in [0.25, 0.3) is 0 Å². The third-order valence-electron chi connectivity index (χ3n) is 5.00. The summed E-state index contributed by atoms with van der Waals surface area (Å²) < 4.78 is 0.878. The van der Waals surface area contributed by atoms with Crippen LogP contribution in [0.5, 0.6) is 0 Å². The number of aliphatic imine (C=N–C) groups is 1. The summed E-state index contributed by atoms with van der Waals surface area (Å²) in [5.74, 6) is -0.912. The summed E-state index contributed by atoms with van der Waals surface area (Å²) >= 11 is 1.26. The zero-order chi connectivity index (χ0) is 22.5. The highest BCUT2D eigenvalue weighted by Gasteiger charge is 2.38. The van der Waals surface area contributed by atoms with Gasteiger partial charge in [-0.3, -0.25) is 24.2 Å². The summed E-state index contributed by atoms with van der Waals surface area (Å²) in [6.45, 7) is 3.33. The number of amides is 2. The predicted molar refractivity (Wildman–Crippen MR) is 118 cm³/mol. The Balaban J connectivity index is 1.79. The van der Waals surface area contributed by atoms with E-state index in [2.05, 4.69) is 15.3 Å². The third kappa shape index (κ3) is 5.52. The second-order valence-electron chi connectivity index (χ2n) is 7.48. The number of nitrogens with two attached hydrogens (primary N) is 1. The minimum atomic E-state index is -0.903. The minimum Gasteiger partial charge on any atom is -0.388 e. The molecule has 1 fully saturated rings. The highest BCUT2D eigenvalue weighted by atomic mass is 32.1. The molecule has 1 aliphatic rings. The van der Waals surface area contributed by atoms with Crippen molar-refractivity contribution in [1.82, 2.24) is 15.2 Å². The van der Waals surface area contributed by atoms with Gasteiger partial charge < -0.3 is 16.0 Å². The van der Waals surface area contributed by atoms with Crippen LogP contribution in [0.2, 0.25) is 0 Å². The maximum absolute atomic E-state index is 13.2. The molecule has 9 nitrogen and oxygen atoms in total. The Morgan fingerprint density at radius 2 is 2.06 bits per heavy atom. The van der Waals surface area contributed by atoms with Crippen LogP contribution in [-0.2, 0) is 14.4 Å². The van der Waals surface area contributed by atoms with Crippen molar-refractivity contribution in [2.24, 2.45) is 10.7 Å². The van der Waals surface area contributed by atoms with E-state index in [1.54, 1.807) is 6.92 Å². The van der Waals surface area contributed by atoms with E-state index in [9.17, 15) is 19.2 Å². The fourth-order valence-electron chi connectivity index (χ4n) is 3.47. The standard InChI is InChI=1S/C21H25N5O4S/c1-12(22)23-9-5-7-16(19(29)21-25-15-6-3-4-8-18(15)31-21)24-20(30)17-10-14(28)11-26(17)13(2)27/h3-4,6,8,16-17H,5,7,9-11H2,1-2H3,(H2,22,23)(H,24,30). The number of ketones is 2. The molecule has 0 bridgehead atoms. The Hall–Kier alpha value is -3.14. The van der Waals surface area contributed by atoms with E-state index in [-0.39, 0.29) is 30.4 Å². The van der Waals surface area contributed by atoms with Crippen molar-refractivity contribution < 1.29 is 19.2 Å². The van der Waals surface area contributed by atoms with Crippen LogP contribution in [0.15, 0.2) is 29.3 Å². The molecule has 2 atom stereocenters. The number of nitrogens with zero attached hydrogens (tertiary/aromatic N) is 3. The van der Waals surface area contributed by atoms with E-state index in [1.165, 1.54) is 23.2 Å². The van der Waals surface area contributed by atoms with Crippen LogP contribution in [0.1, 0.15) is 42.9 Å². The van der Waals surface area contributed by atoms with Crippen LogP contribution in [0.25, 0.3) is 10.2 Å². The Bertz CT molecular complexity index is 1010. The first-order valence-corrected chi connectivity index (χ1v) is 10.8. The maximum Gasteiger partial charge on any atom is 0.243 e. The van der Waals surface area contributed by atoms with Gasteiger partial charge in [0.05, 0.1) is 28.6 Å². The summed E-state index contributed by atoms with van der Waals surface area (Å²) in [5, 5.41) is 3.05. The number of carbonyl (C=O) groups is 4. The lowest BCUT2D eigenvalue weighted by Crippen LogP contribution is -2.50. The van der Waals surface area contributed by atoms with E-state index < -0.39 is 18.0 Å². The van der Waals surface area contributed by atoms with E-state index in [0.29, 0.717) is 35.7 Å². The molecule has 0 aliphatic carbocycles.